The number of rotatable bonds is 8. The number of carbonyl (C=O) groups is 1. The van der Waals surface area contributed by atoms with Gasteiger partial charge in [0.1, 0.15) is 5.82 Å². The van der Waals surface area contributed by atoms with Gasteiger partial charge in [0.2, 0.25) is 5.95 Å². The number of hydrogen-bond acceptors (Lipinski definition) is 8. The third-order valence-corrected chi connectivity index (χ3v) is 6.57. The maximum Gasteiger partial charge on any atom is 0.442 e. The largest absolute Gasteiger partial charge is 0.448 e. The van der Waals surface area contributed by atoms with Gasteiger partial charge in [0, 0.05) is 23.0 Å². The average molecular weight is 547 g/mol. The first-order valence-electron chi connectivity index (χ1n) is 9.32. The molecule has 164 valence electrons. The zero-order chi connectivity index (χ0) is 22.3. The van der Waals surface area contributed by atoms with Gasteiger partial charge >= 0.3 is 6.09 Å². The van der Waals surface area contributed by atoms with E-state index in [0.29, 0.717) is 22.3 Å². The number of aliphatic hydroxyl groups is 1. The molecule has 0 bridgehead atoms. The Morgan fingerprint density at radius 2 is 2.00 bits per heavy atom. The average Bonchev–Trinajstić information content (AvgIpc) is 2.68. The van der Waals surface area contributed by atoms with E-state index in [-0.39, 0.29) is 25.2 Å². The molecule has 2 rings (SSSR count). The van der Waals surface area contributed by atoms with Crippen molar-refractivity contribution in [1.82, 2.24) is 9.97 Å². The molecule has 11 heteroatoms. The molecule has 0 aliphatic heterocycles. The summed E-state index contributed by atoms with van der Waals surface area (Å²) in [6.07, 6.45) is 2.22. The Bertz CT molecular complexity index is 991. The van der Waals surface area contributed by atoms with Crippen molar-refractivity contribution in [2.75, 3.05) is 30.1 Å². The maximum absolute atomic E-state index is 12.7. The molecule has 3 N–H and O–H groups in total. The summed E-state index contributed by atoms with van der Waals surface area (Å²) in [4.78, 5) is 20.7. The summed E-state index contributed by atoms with van der Waals surface area (Å²) < 4.78 is 21.9. The molecule has 1 aromatic heterocycles. The highest BCUT2D eigenvalue weighted by molar-refractivity contribution is 14.1. The molecule has 1 heterocycles. The molecule has 2 aromatic rings. The van der Waals surface area contributed by atoms with Crippen LogP contribution >= 0.6 is 22.6 Å². The lowest BCUT2D eigenvalue weighted by atomic mass is 10.1. The number of halogens is 1. The Kier molecular flexibility index (Phi) is 8.79. The van der Waals surface area contributed by atoms with Gasteiger partial charge in [-0.05, 0) is 59.7 Å². The van der Waals surface area contributed by atoms with Crippen LogP contribution in [0.15, 0.2) is 39.7 Å². The van der Waals surface area contributed by atoms with Gasteiger partial charge in [-0.2, -0.15) is 4.98 Å². The number of aliphatic hydroxyl groups excluding tert-OH is 1. The van der Waals surface area contributed by atoms with E-state index in [1.807, 2.05) is 13.8 Å². The normalized spacial score (nSPS) is 14.0. The van der Waals surface area contributed by atoms with Crippen LogP contribution in [0.5, 0.6) is 0 Å². The minimum atomic E-state index is -2.90. The highest BCUT2D eigenvalue weighted by Gasteiger charge is 2.15. The fourth-order valence-corrected chi connectivity index (χ4v) is 3.89. The first-order valence-corrected chi connectivity index (χ1v) is 12.3. The number of ether oxygens (including phenoxy) is 1. The van der Waals surface area contributed by atoms with Gasteiger partial charge in [0.25, 0.3) is 0 Å². The topological polar surface area (TPSA) is 126 Å². The molecule has 0 aliphatic carbocycles. The summed E-state index contributed by atoms with van der Waals surface area (Å²) in [6, 6.07) is 6.54. The first-order chi connectivity index (χ1) is 14.2. The van der Waals surface area contributed by atoms with Crippen molar-refractivity contribution in [2.45, 2.75) is 31.7 Å². The Morgan fingerprint density at radius 3 is 2.57 bits per heavy atom. The summed E-state index contributed by atoms with van der Waals surface area (Å²) in [5, 5.41) is 15.9. The van der Waals surface area contributed by atoms with Crippen molar-refractivity contribution in [3.05, 3.63) is 34.0 Å². The highest BCUT2D eigenvalue weighted by atomic mass is 127. The summed E-state index contributed by atoms with van der Waals surface area (Å²) >= 11 is 2.13. The number of nitrogens with one attached hydrogen (secondary N) is 2. The van der Waals surface area contributed by atoms with Crippen molar-refractivity contribution in [3.8, 4) is 0 Å². The van der Waals surface area contributed by atoms with Gasteiger partial charge in [-0.25, -0.2) is 14.0 Å². The second kappa shape index (κ2) is 10.9. The number of anilines is 3. The van der Waals surface area contributed by atoms with Crippen LogP contribution in [0, 0.1) is 9.49 Å². The van der Waals surface area contributed by atoms with E-state index in [2.05, 4.69) is 47.6 Å². The molecule has 0 saturated carbocycles. The smallest absolute Gasteiger partial charge is 0.442 e. The Labute approximate surface area is 190 Å². The van der Waals surface area contributed by atoms with Gasteiger partial charge in [0.05, 0.1) is 32.6 Å². The molecule has 0 aliphatic rings. The lowest BCUT2D eigenvalue weighted by molar-refractivity contribution is 0.164. The molecule has 1 aromatic carbocycles. The lowest BCUT2D eigenvalue weighted by Gasteiger charge is -2.21. The van der Waals surface area contributed by atoms with Crippen LogP contribution in [0.4, 0.5) is 22.2 Å². The van der Waals surface area contributed by atoms with E-state index in [4.69, 9.17) is 4.74 Å². The number of amides is 1. The van der Waals surface area contributed by atoms with Crippen LogP contribution in [-0.4, -0.2) is 50.9 Å². The van der Waals surface area contributed by atoms with Gasteiger partial charge in [-0.15, -0.1) is 4.36 Å². The van der Waals surface area contributed by atoms with Crippen LogP contribution in [0.25, 0.3) is 0 Å². The van der Waals surface area contributed by atoms with Crippen LogP contribution in [0.2, 0.25) is 0 Å². The second-order valence-corrected chi connectivity index (χ2v) is 10.2. The monoisotopic (exact) mass is 547 g/mol. The molecule has 0 radical (unpaired) electrons. The summed E-state index contributed by atoms with van der Waals surface area (Å²) in [5.41, 5.74) is 0.680. The van der Waals surface area contributed by atoms with E-state index < -0.39 is 15.8 Å². The maximum atomic E-state index is 12.7. The molecule has 0 saturated heterocycles. The van der Waals surface area contributed by atoms with Crippen molar-refractivity contribution in [1.29, 1.82) is 0 Å². The molecule has 30 heavy (non-hydrogen) atoms. The zero-order valence-electron chi connectivity index (χ0n) is 17.3. The van der Waals surface area contributed by atoms with Gasteiger partial charge in [-0.1, -0.05) is 13.8 Å². The van der Waals surface area contributed by atoms with E-state index in [0.717, 1.165) is 3.57 Å². The second-order valence-electron chi connectivity index (χ2n) is 6.81. The van der Waals surface area contributed by atoms with Crippen molar-refractivity contribution in [2.24, 2.45) is 10.3 Å². The van der Waals surface area contributed by atoms with Crippen LogP contribution in [-0.2, 0) is 14.5 Å². The number of nitrogens with zero attached hydrogens (tertiary/aromatic N) is 3. The van der Waals surface area contributed by atoms with Crippen LogP contribution in [0.1, 0.15) is 20.8 Å². The van der Waals surface area contributed by atoms with E-state index in [1.165, 1.54) is 6.26 Å². The first kappa shape index (κ1) is 24.3. The molecule has 1 unspecified atom stereocenters. The fourth-order valence-electron chi connectivity index (χ4n) is 2.39. The summed E-state index contributed by atoms with van der Waals surface area (Å²) in [5.74, 6) is 1.23. The third kappa shape index (κ3) is 6.77. The van der Waals surface area contributed by atoms with Crippen molar-refractivity contribution in [3.63, 3.8) is 0 Å². The van der Waals surface area contributed by atoms with E-state index in [1.54, 1.807) is 37.4 Å². The zero-order valence-corrected chi connectivity index (χ0v) is 20.2. The number of benzene rings is 1. The molecule has 0 fully saturated rings. The molecule has 9 nitrogen and oxygen atoms in total. The third-order valence-electron chi connectivity index (χ3n) is 4.13. The van der Waals surface area contributed by atoms with Gasteiger partial charge < -0.3 is 20.5 Å². The van der Waals surface area contributed by atoms with Crippen molar-refractivity contribution < 1.29 is 18.8 Å². The fraction of sp³-hybridized carbons (Fsp3) is 0.421. The van der Waals surface area contributed by atoms with E-state index >= 15 is 0 Å². The SMILES string of the molecule is CCOC(=O)N=S(C)(=O)c1ccc(Nc2ncc(I)c(N[C@@H](CO)C(C)C)n2)cc1. The van der Waals surface area contributed by atoms with E-state index in [9.17, 15) is 14.1 Å². The summed E-state index contributed by atoms with van der Waals surface area (Å²) in [7, 11) is -2.90. The number of aromatic nitrogens is 2. The van der Waals surface area contributed by atoms with Crippen LogP contribution < -0.4 is 10.6 Å². The summed E-state index contributed by atoms with van der Waals surface area (Å²) in [6.45, 7) is 5.86. The lowest BCUT2D eigenvalue weighted by Crippen LogP contribution is -2.30. The molecule has 0 spiro atoms. The minimum Gasteiger partial charge on any atom is -0.448 e. The Morgan fingerprint density at radius 1 is 1.33 bits per heavy atom. The van der Waals surface area contributed by atoms with Crippen molar-refractivity contribution >= 4 is 55.9 Å². The quantitative estimate of drug-likeness (QED) is 0.426. The molecule has 1 amide bonds. The molecule has 2 atom stereocenters. The predicted octanol–water partition coefficient (Wildman–Crippen LogP) is 3.87. The number of carbonyl (C=O) groups excluding carboxylic acids is 1. The predicted molar refractivity (Wildman–Crippen MR) is 126 cm³/mol. The Hall–Kier alpha value is -1.99. The van der Waals surface area contributed by atoms with Gasteiger partial charge in [-0.3, -0.25) is 0 Å². The van der Waals surface area contributed by atoms with Crippen LogP contribution in [0.3, 0.4) is 0 Å². The molecular formula is C19H26IN5O4S. The highest BCUT2D eigenvalue weighted by Crippen LogP contribution is 2.22. The molecular weight excluding hydrogens is 521 g/mol. The minimum absolute atomic E-state index is 0.00484. The standard InChI is InChI=1S/C19H26IN5O4S/c1-5-29-19(27)25-30(4,28)14-8-6-13(7-9-14)22-18-21-10-15(20)17(24-18)23-16(11-26)12(2)3/h6-10,12,16,26H,5,11H2,1-4H3,(H2,21,22,23,24)/t16-,30?/m0/s1. The Balaban J connectivity index is 2.19. The number of hydrogen-bond donors (Lipinski definition) is 3. The van der Waals surface area contributed by atoms with Gasteiger partial charge in [0.15, 0.2) is 0 Å².